The normalized spacial score (nSPS) is 10.3. The van der Waals surface area contributed by atoms with Crippen LogP contribution in [0, 0.1) is 4.91 Å². The molecule has 0 saturated heterocycles. The van der Waals surface area contributed by atoms with Crippen molar-refractivity contribution >= 4 is 17.1 Å². The SMILES string of the molecule is O=Nc1nc2nc[nH]c2c(=O)[nH]1. The van der Waals surface area contributed by atoms with Gasteiger partial charge in [0.2, 0.25) is 0 Å². The Morgan fingerprint density at radius 3 is 3.08 bits per heavy atom. The van der Waals surface area contributed by atoms with E-state index in [4.69, 9.17) is 0 Å². The third kappa shape index (κ3) is 0.797. The molecule has 0 unspecified atom stereocenters. The second-order valence-electron chi connectivity index (χ2n) is 2.08. The maximum absolute atomic E-state index is 11.1. The maximum atomic E-state index is 11.1. The van der Waals surface area contributed by atoms with Gasteiger partial charge in [-0.3, -0.25) is 9.78 Å². The topological polar surface area (TPSA) is 104 Å². The number of imidazole rings is 1. The van der Waals surface area contributed by atoms with Crippen molar-refractivity contribution in [1.82, 2.24) is 19.9 Å². The van der Waals surface area contributed by atoms with Crippen molar-refractivity contribution in [2.45, 2.75) is 0 Å². The fraction of sp³-hybridized carbons (Fsp3) is 0. The third-order valence-corrected chi connectivity index (χ3v) is 1.37. The predicted octanol–water partition coefficient (Wildman–Crippen LogP) is 0.0441. The molecule has 7 heteroatoms. The summed E-state index contributed by atoms with van der Waals surface area (Å²) < 4.78 is 0. The van der Waals surface area contributed by atoms with Crippen LogP contribution in [-0.2, 0) is 0 Å². The van der Waals surface area contributed by atoms with Crippen LogP contribution in [0.1, 0.15) is 0 Å². The zero-order valence-electron chi connectivity index (χ0n) is 5.74. The van der Waals surface area contributed by atoms with Gasteiger partial charge >= 0.3 is 0 Å². The summed E-state index contributed by atoms with van der Waals surface area (Å²) in [6.07, 6.45) is 1.32. The van der Waals surface area contributed by atoms with E-state index in [0.717, 1.165) is 0 Å². The highest BCUT2D eigenvalue weighted by Gasteiger charge is 2.04. The summed E-state index contributed by atoms with van der Waals surface area (Å²) in [6.45, 7) is 0. The highest BCUT2D eigenvalue weighted by atomic mass is 16.3. The molecular weight excluding hydrogens is 162 g/mol. The smallest absolute Gasteiger partial charge is 0.278 e. The summed E-state index contributed by atoms with van der Waals surface area (Å²) in [5, 5.41) is 2.49. The van der Waals surface area contributed by atoms with E-state index in [1.807, 2.05) is 0 Å². The molecule has 2 heterocycles. The van der Waals surface area contributed by atoms with Gasteiger partial charge in [-0.05, 0) is 0 Å². The molecule has 0 atom stereocenters. The zero-order chi connectivity index (χ0) is 8.55. The predicted molar refractivity (Wildman–Crippen MR) is 40.0 cm³/mol. The molecule has 2 N–H and O–H groups in total. The van der Waals surface area contributed by atoms with Gasteiger partial charge in [0.15, 0.2) is 11.2 Å². The second kappa shape index (κ2) is 2.22. The van der Waals surface area contributed by atoms with E-state index in [2.05, 4.69) is 25.1 Å². The van der Waals surface area contributed by atoms with Crippen molar-refractivity contribution in [3.05, 3.63) is 21.6 Å². The number of H-pyrrole nitrogens is 2. The summed E-state index contributed by atoms with van der Waals surface area (Å²) >= 11 is 0. The Kier molecular flexibility index (Phi) is 1.23. The number of hydrogen-bond donors (Lipinski definition) is 2. The summed E-state index contributed by atoms with van der Waals surface area (Å²) in [5.74, 6) is -0.264. The molecule has 0 saturated carbocycles. The maximum Gasteiger partial charge on any atom is 0.278 e. The van der Waals surface area contributed by atoms with Gasteiger partial charge in [0.1, 0.15) is 0 Å². The van der Waals surface area contributed by atoms with Crippen LogP contribution < -0.4 is 5.56 Å². The minimum Gasteiger partial charge on any atom is -0.339 e. The lowest BCUT2D eigenvalue weighted by atomic mass is 10.5. The Morgan fingerprint density at radius 1 is 1.50 bits per heavy atom. The van der Waals surface area contributed by atoms with Gasteiger partial charge in [0.05, 0.1) is 6.33 Å². The van der Waals surface area contributed by atoms with Crippen molar-refractivity contribution in [2.24, 2.45) is 5.18 Å². The lowest BCUT2D eigenvalue weighted by Crippen LogP contribution is -2.06. The first-order chi connectivity index (χ1) is 5.81. The lowest BCUT2D eigenvalue weighted by Gasteiger charge is -1.87. The van der Waals surface area contributed by atoms with E-state index in [0.29, 0.717) is 0 Å². The first-order valence-corrected chi connectivity index (χ1v) is 3.08. The van der Waals surface area contributed by atoms with Crippen LogP contribution in [0.4, 0.5) is 5.95 Å². The number of nitroso groups, excluding NO2 is 1. The molecule has 0 spiro atoms. The monoisotopic (exact) mass is 165 g/mol. The number of aromatic amines is 2. The standard InChI is InChI=1S/C5H3N5O2/c11-4-2-3(7-1-6-2)8-5(9-4)10-12/h1H,(H2,6,7,8,9,11). The van der Waals surface area contributed by atoms with Crippen LogP contribution in [0.2, 0.25) is 0 Å². The van der Waals surface area contributed by atoms with Gasteiger partial charge in [0.25, 0.3) is 11.5 Å². The van der Waals surface area contributed by atoms with E-state index in [1.165, 1.54) is 6.33 Å². The molecule has 0 aliphatic heterocycles. The summed E-state index contributed by atoms with van der Waals surface area (Å²) in [5.41, 5.74) is -0.0251. The molecule has 0 aromatic carbocycles. The van der Waals surface area contributed by atoms with Crippen molar-refractivity contribution in [1.29, 1.82) is 0 Å². The minimum atomic E-state index is -0.452. The van der Waals surface area contributed by atoms with E-state index < -0.39 is 5.56 Å². The number of rotatable bonds is 1. The van der Waals surface area contributed by atoms with E-state index in [9.17, 15) is 9.70 Å². The van der Waals surface area contributed by atoms with Crippen LogP contribution >= 0.6 is 0 Å². The lowest BCUT2D eigenvalue weighted by molar-refractivity contribution is 1.12. The fourth-order valence-electron chi connectivity index (χ4n) is 0.874. The molecule has 60 valence electrons. The molecule has 2 aromatic heterocycles. The van der Waals surface area contributed by atoms with Crippen LogP contribution in [0.3, 0.4) is 0 Å². The second-order valence-corrected chi connectivity index (χ2v) is 2.08. The highest BCUT2D eigenvalue weighted by molar-refractivity contribution is 5.69. The van der Waals surface area contributed by atoms with Crippen LogP contribution in [0.25, 0.3) is 11.2 Å². The molecule has 0 fully saturated rings. The van der Waals surface area contributed by atoms with E-state index >= 15 is 0 Å². The molecule has 7 nitrogen and oxygen atoms in total. The first-order valence-electron chi connectivity index (χ1n) is 3.08. The van der Waals surface area contributed by atoms with Gasteiger partial charge < -0.3 is 4.98 Å². The van der Waals surface area contributed by atoms with Crippen LogP contribution in [0.5, 0.6) is 0 Å². The fourth-order valence-corrected chi connectivity index (χ4v) is 0.874. The summed E-state index contributed by atoms with van der Waals surface area (Å²) in [4.78, 5) is 33.1. The zero-order valence-corrected chi connectivity index (χ0v) is 5.74. The van der Waals surface area contributed by atoms with Gasteiger partial charge in [-0.1, -0.05) is 0 Å². The summed E-state index contributed by atoms with van der Waals surface area (Å²) in [6, 6.07) is 0. The van der Waals surface area contributed by atoms with E-state index in [1.54, 1.807) is 0 Å². The van der Waals surface area contributed by atoms with E-state index in [-0.39, 0.29) is 17.1 Å². The summed E-state index contributed by atoms with van der Waals surface area (Å²) in [7, 11) is 0. The van der Waals surface area contributed by atoms with Crippen molar-refractivity contribution in [2.75, 3.05) is 0 Å². The van der Waals surface area contributed by atoms with Crippen molar-refractivity contribution < 1.29 is 0 Å². The average Bonchev–Trinajstić information content (AvgIpc) is 2.52. The number of hydrogen-bond acceptors (Lipinski definition) is 5. The van der Waals surface area contributed by atoms with Gasteiger partial charge in [-0.15, -0.1) is 4.91 Å². The van der Waals surface area contributed by atoms with Gasteiger partial charge in [-0.25, -0.2) is 4.98 Å². The van der Waals surface area contributed by atoms with Crippen molar-refractivity contribution in [3.63, 3.8) is 0 Å². The minimum absolute atomic E-state index is 0.188. The molecule has 12 heavy (non-hydrogen) atoms. The number of aromatic nitrogens is 4. The largest absolute Gasteiger partial charge is 0.339 e. The molecule has 2 aromatic rings. The molecule has 0 aliphatic rings. The Morgan fingerprint density at radius 2 is 2.33 bits per heavy atom. The number of nitrogens with zero attached hydrogens (tertiary/aromatic N) is 3. The molecule has 2 rings (SSSR count). The number of nitrogens with one attached hydrogen (secondary N) is 2. The van der Waals surface area contributed by atoms with Crippen LogP contribution in [0.15, 0.2) is 16.3 Å². The molecule has 0 amide bonds. The molecule has 0 radical (unpaired) electrons. The Hall–Kier alpha value is -2.05. The third-order valence-electron chi connectivity index (χ3n) is 1.37. The first kappa shape index (κ1) is 6.65. The quantitative estimate of drug-likeness (QED) is 0.582. The Bertz CT molecular complexity index is 484. The van der Waals surface area contributed by atoms with Gasteiger partial charge in [0, 0.05) is 5.18 Å². The van der Waals surface area contributed by atoms with Gasteiger partial charge in [-0.2, -0.15) is 4.98 Å². The Labute approximate surface area is 64.8 Å². The Balaban J connectivity index is 2.93. The molecule has 0 bridgehead atoms. The van der Waals surface area contributed by atoms with Crippen LogP contribution in [-0.4, -0.2) is 19.9 Å². The highest BCUT2D eigenvalue weighted by Crippen LogP contribution is 2.04. The van der Waals surface area contributed by atoms with Crippen molar-refractivity contribution in [3.8, 4) is 0 Å². The molecular formula is C5H3N5O2. The number of fused-ring (bicyclic) bond motifs is 1. The molecule has 0 aliphatic carbocycles. The average molecular weight is 165 g/mol.